The first-order valence-electron chi connectivity index (χ1n) is 6.17. The van der Waals surface area contributed by atoms with Crippen LogP contribution in [0.5, 0.6) is 0 Å². The van der Waals surface area contributed by atoms with Crippen molar-refractivity contribution in [3.63, 3.8) is 0 Å². The van der Waals surface area contributed by atoms with Crippen LogP contribution in [-0.2, 0) is 0 Å². The van der Waals surface area contributed by atoms with Crippen molar-refractivity contribution in [2.24, 2.45) is 0 Å². The van der Waals surface area contributed by atoms with Crippen molar-refractivity contribution in [2.45, 2.75) is 20.8 Å². The Bertz CT molecular complexity index is 702. The van der Waals surface area contributed by atoms with E-state index in [-0.39, 0.29) is 0 Å². The molecule has 0 aliphatic carbocycles. The monoisotopic (exact) mass is 382 g/mol. The summed E-state index contributed by atoms with van der Waals surface area (Å²) in [7, 11) is 0. The number of hydrogen-bond acceptors (Lipinski definition) is 2. The van der Waals surface area contributed by atoms with E-state index in [9.17, 15) is 10.1 Å². The van der Waals surface area contributed by atoms with Crippen molar-refractivity contribution in [2.75, 3.05) is 0 Å². The molecule has 2 aromatic rings. The number of aromatic nitrogens is 1. The molecular weight excluding hydrogens is 367 g/mol. The second kappa shape index (κ2) is 5.78. The molecule has 1 aromatic carbocycles. The molecule has 20 heavy (non-hydrogen) atoms. The molecule has 0 spiro atoms. The molecule has 0 atom stereocenters. The predicted molar refractivity (Wildman–Crippen MR) is 88.7 cm³/mol. The van der Waals surface area contributed by atoms with E-state index in [1.807, 2.05) is 19.9 Å². The summed E-state index contributed by atoms with van der Waals surface area (Å²) in [5.74, 6) is 0. The van der Waals surface area contributed by atoms with Crippen LogP contribution in [-0.4, -0.2) is 9.49 Å². The number of rotatable bonds is 3. The van der Waals surface area contributed by atoms with Crippen molar-refractivity contribution < 1.29 is 4.92 Å². The molecule has 0 N–H and O–H groups in total. The summed E-state index contributed by atoms with van der Waals surface area (Å²) in [5, 5.41) is 10.4. The summed E-state index contributed by atoms with van der Waals surface area (Å²) in [6.45, 7) is 6.05. The van der Waals surface area contributed by atoms with Crippen molar-refractivity contribution in [3.8, 4) is 5.69 Å². The lowest BCUT2D eigenvalue weighted by atomic mass is 10.2. The maximum absolute atomic E-state index is 10.4. The van der Waals surface area contributed by atoms with Crippen molar-refractivity contribution in [1.29, 1.82) is 0 Å². The first-order chi connectivity index (χ1) is 9.40. The van der Waals surface area contributed by atoms with E-state index >= 15 is 0 Å². The van der Waals surface area contributed by atoms with E-state index in [1.165, 1.54) is 9.13 Å². The van der Waals surface area contributed by atoms with Gasteiger partial charge in [0, 0.05) is 32.3 Å². The van der Waals surface area contributed by atoms with Gasteiger partial charge in [-0.15, -0.1) is 0 Å². The van der Waals surface area contributed by atoms with Gasteiger partial charge in [0.2, 0.25) is 6.20 Å². The van der Waals surface area contributed by atoms with Gasteiger partial charge in [-0.05, 0) is 73.2 Å². The molecule has 0 aliphatic heterocycles. The molecule has 0 radical (unpaired) electrons. The van der Waals surface area contributed by atoms with Crippen LogP contribution in [0.3, 0.4) is 0 Å². The highest BCUT2D eigenvalue weighted by atomic mass is 127. The summed E-state index contributed by atoms with van der Waals surface area (Å²) in [4.78, 5) is 10.00. The van der Waals surface area contributed by atoms with Crippen LogP contribution in [0.2, 0.25) is 0 Å². The van der Waals surface area contributed by atoms with Gasteiger partial charge in [0.15, 0.2) is 0 Å². The molecule has 0 unspecified atom stereocenters. The molecule has 0 fully saturated rings. The Morgan fingerprint density at radius 2 is 1.95 bits per heavy atom. The molecule has 104 valence electrons. The Balaban J connectivity index is 2.52. The lowest BCUT2D eigenvalue weighted by molar-refractivity contribution is -0.400. The van der Waals surface area contributed by atoms with Gasteiger partial charge in [-0.2, -0.15) is 0 Å². The SMILES string of the molecule is Cc1cc(-n2c(C)cc(/C=C/[N+](=O)[O-])c2C)ccc1I. The lowest BCUT2D eigenvalue weighted by Gasteiger charge is -2.11. The first kappa shape index (κ1) is 14.8. The number of nitro groups is 1. The van der Waals surface area contributed by atoms with Crippen LogP contribution in [0.1, 0.15) is 22.5 Å². The third-order valence-corrected chi connectivity index (χ3v) is 4.46. The predicted octanol–water partition coefficient (Wildman–Crippen LogP) is 4.25. The summed E-state index contributed by atoms with van der Waals surface area (Å²) >= 11 is 2.31. The quantitative estimate of drug-likeness (QED) is 0.453. The number of hydrogen-bond donors (Lipinski definition) is 0. The highest BCUT2D eigenvalue weighted by Gasteiger charge is 2.10. The Morgan fingerprint density at radius 3 is 2.55 bits per heavy atom. The van der Waals surface area contributed by atoms with Gasteiger partial charge >= 0.3 is 0 Å². The van der Waals surface area contributed by atoms with Gasteiger partial charge in [0.05, 0.1) is 4.92 Å². The minimum Gasteiger partial charge on any atom is -0.318 e. The Hall–Kier alpha value is -1.63. The van der Waals surface area contributed by atoms with Gasteiger partial charge in [-0.25, -0.2) is 0 Å². The van der Waals surface area contributed by atoms with Crippen LogP contribution in [0.15, 0.2) is 30.5 Å². The molecule has 0 aliphatic rings. The van der Waals surface area contributed by atoms with Gasteiger partial charge in [0.25, 0.3) is 0 Å². The fourth-order valence-corrected chi connectivity index (χ4v) is 2.60. The fraction of sp³-hybridized carbons (Fsp3) is 0.200. The van der Waals surface area contributed by atoms with Gasteiger partial charge < -0.3 is 4.57 Å². The van der Waals surface area contributed by atoms with E-state index in [0.29, 0.717) is 0 Å². The zero-order valence-corrected chi connectivity index (χ0v) is 13.7. The van der Waals surface area contributed by atoms with E-state index in [2.05, 4.69) is 52.3 Å². The summed E-state index contributed by atoms with van der Waals surface area (Å²) in [6.07, 6.45) is 2.52. The normalized spacial score (nSPS) is 11.2. The van der Waals surface area contributed by atoms with Crippen molar-refractivity contribution >= 4 is 28.7 Å². The van der Waals surface area contributed by atoms with Crippen LogP contribution >= 0.6 is 22.6 Å². The number of aryl methyl sites for hydroxylation is 2. The molecule has 1 heterocycles. The van der Waals surface area contributed by atoms with Gasteiger partial charge in [0.1, 0.15) is 0 Å². The minimum absolute atomic E-state index is 0.443. The van der Waals surface area contributed by atoms with E-state index < -0.39 is 4.92 Å². The van der Waals surface area contributed by atoms with Gasteiger partial charge in [-0.3, -0.25) is 10.1 Å². The Morgan fingerprint density at radius 1 is 1.25 bits per heavy atom. The van der Waals surface area contributed by atoms with Crippen LogP contribution in [0.4, 0.5) is 0 Å². The van der Waals surface area contributed by atoms with E-state index in [1.54, 1.807) is 6.08 Å². The molecule has 0 saturated heterocycles. The van der Waals surface area contributed by atoms with Crippen LogP contribution in [0.25, 0.3) is 11.8 Å². The number of nitrogens with zero attached hydrogens (tertiary/aromatic N) is 2. The first-order valence-corrected chi connectivity index (χ1v) is 7.25. The number of halogens is 1. The second-order valence-electron chi connectivity index (χ2n) is 4.70. The number of benzene rings is 1. The fourth-order valence-electron chi connectivity index (χ4n) is 2.26. The molecule has 5 heteroatoms. The van der Waals surface area contributed by atoms with E-state index in [0.717, 1.165) is 28.8 Å². The average molecular weight is 382 g/mol. The van der Waals surface area contributed by atoms with Crippen LogP contribution in [0, 0.1) is 34.5 Å². The zero-order chi connectivity index (χ0) is 14.9. The largest absolute Gasteiger partial charge is 0.318 e. The van der Waals surface area contributed by atoms with E-state index in [4.69, 9.17) is 0 Å². The zero-order valence-electron chi connectivity index (χ0n) is 11.6. The third kappa shape index (κ3) is 2.92. The average Bonchev–Trinajstić information content (AvgIpc) is 2.65. The molecule has 1 aromatic heterocycles. The summed E-state index contributed by atoms with van der Waals surface area (Å²) in [6, 6.07) is 8.23. The van der Waals surface area contributed by atoms with Crippen molar-refractivity contribution in [1.82, 2.24) is 4.57 Å². The highest BCUT2D eigenvalue weighted by Crippen LogP contribution is 2.24. The molecular formula is C15H15IN2O2. The third-order valence-electron chi connectivity index (χ3n) is 3.25. The lowest BCUT2D eigenvalue weighted by Crippen LogP contribution is -2.00. The minimum atomic E-state index is -0.443. The Labute approximate surface area is 131 Å². The molecule has 0 saturated carbocycles. The second-order valence-corrected chi connectivity index (χ2v) is 5.86. The Kier molecular flexibility index (Phi) is 4.27. The molecule has 4 nitrogen and oxygen atoms in total. The standard InChI is InChI=1S/C15H15IN2O2/c1-10-8-14(4-5-15(10)16)18-11(2)9-13(12(18)3)6-7-17(19)20/h4-9H,1-3H3/b7-6+. The smallest absolute Gasteiger partial charge is 0.235 e. The molecule has 2 rings (SSSR count). The summed E-state index contributed by atoms with van der Waals surface area (Å²) in [5.41, 5.74) is 5.24. The highest BCUT2D eigenvalue weighted by molar-refractivity contribution is 14.1. The summed E-state index contributed by atoms with van der Waals surface area (Å²) < 4.78 is 3.34. The van der Waals surface area contributed by atoms with Crippen LogP contribution < -0.4 is 0 Å². The topological polar surface area (TPSA) is 48.1 Å². The molecule has 0 amide bonds. The maximum atomic E-state index is 10.4. The van der Waals surface area contributed by atoms with Gasteiger partial charge in [-0.1, -0.05) is 0 Å². The molecule has 0 bridgehead atoms. The maximum Gasteiger partial charge on any atom is 0.235 e. The van der Waals surface area contributed by atoms with Crippen molar-refractivity contribution in [3.05, 3.63) is 66.7 Å².